The van der Waals surface area contributed by atoms with E-state index in [1.54, 1.807) is 0 Å². The summed E-state index contributed by atoms with van der Waals surface area (Å²) in [7, 11) is 4.07. The van der Waals surface area contributed by atoms with E-state index in [4.69, 9.17) is 0 Å². The van der Waals surface area contributed by atoms with Crippen molar-refractivity contribution in [2.24, 2.45) is 13.0 Å². The Kier molecular flexibility index (Phi) is 4.40. The molecule has 0 amide bonds. The highest BCUT2D eigenvalue weighted by atomic mass is 15.3. The molecule has 2 unspecified atom stereocenters. The van der Waals surface area contributed by atoms with Gasteiger partial charge in [0, 0.05) is 24.8 Å². The zero-order valence-electron chi connectivity index (χ0n) is 12.1. The number of aryl methyl sites for hydroxylation is 2. The normalized spacial score (nSPS) is 24.9. The molecule has 0 saturated carbocycles. The van der Waals surface area contributed by atoms with Gasteiger partial charge in [0.2, 0.25) is 0 Å². The number of hydrogen-bond acceptors (Lipinski definition) is 3. The molecule has 1 aliphatic heterocycles. The minimum Gasteiger partial charge on any atom is -0.319 e. The molecule has 4 nitrogen and oxygen atoms in total. The maximum atomic E-state index is 4.51. The summed E-state index contributed by atoms with van der Waals surface area (Å²) >= 11 is 0. The van der Waals surface area contributed by atoms with E-state index in [1.807, 2.05) is 11.7 Å². The van der Waals surface area contributed by atoms with Crippen molar-refractivity contribution in [3.63, 3.8) is 0 Å². The molecule has 1 fully saturated rings. The van der Waals surface area contributed by atoms with Crippen molar-refractivity contribution >= 4 is 0 Å². The molecule has 4 heteroatoms. The predicted molar refractivity (Wildman–Crippen MR) is 74.6 cm³/mol. The van der Waals surface area contributed by atoms with Gasteiger partial charge in [0.15, 0.2) is 0 Å². The fourth-order valence-corrected chi connectivity index (χ4v) is 3.30. The molecule has 0 spiro atoms. The molecule has 1 saturated heterocycles. The summed E-state index contributed by atoms with van der Waals surface area (Å²) < 4.78 is 1.95. The minimum atomic E-state index is 0.547. The van der Waals surface area contributed by atoms with Gasteiger partial charge in [0.1, 0.15) is 0 Å². The van der Waals surface area contributed by atoms with Crippen LogP contribution in [0, 0.1) is 12.8 Å². The first-order valence-electron chi connectivity index (χ1n) is 7.06. The molecule has 2 atom stereocenters. The zero-order chi connectivity index (χ0) is 13.1. The molecule has 1 aromatic rings. The SMILES string of the molecule is CCCN1CCC(CNC)C1c1cn(C)nc1C. The highest BCUT2D eigenvalue weighted by Gasteiger charge is 2.35. The Balaban J connectivity index is 2.25. The number of aromatic nitrogens is 2. The molecule has 1 N–H and O–H groups in total. The van der Waals surface area contributed by atoms with Crippen LogP contribution in [0.2, 0.25) is 0 Å². The van der Waals surface area contributed by atoms with Gasteiger partial charge in [-0.2, -0.15) is 5.10 Å². The first kappa shape index (κ1) is 13.6. The molecule has 0 aromatic carbocycles. The third kappa shape index (κ3) is 2.59. The number of nitrogens with zero attached hydrogens (tertiary/aromatic N) is 3. The first-order valence-corrected chi connectivity index (χ1v) is 7.06. The maximum absolute atomic E-state index is 4.51. The van der Waals surface area contributed by atoms with E-state index in [-0.39, 0.29) is 0 Å². The maximum Gasteiger partial charge on any atom is 0.0641 e. The van der Waals surface area contributed by atoms with Crippen molar-refractivity contribution in [3.8, 4) is 0 Å². The topological polar surface area (TPSA) is 33.1 Å². The van der Waals surface area contributed by atoms with Gasteiger partial charge in [-0.05, 0) is 52.4 Å². The summed E-state index contributed by atoms with van der Waals surface area (Å²) in [5.74, 6) is 0.712. The van der Waals surface area contributed by atoms with Crippen LogP contribution in [0.4, 0.5) is 0 Å². The monoisotopic (exact) mass is 250 g/mol. The zero-order valence-corrected chi connectivity index (χ0v) is 12.1. The summed E-state index contributed by atoms with van der Waals surface area (Å²) in [6.07, 6.45) is 4.72. The number of rotatable bonds is 5. The van der Waals surface area contributed by atoms with Gasteiger partial charge in [-0.3, -0.25) is 9.58 Å². The van der Waals surface area contributed by atoms with Gasteiger partial charge in [-0.15, -0.1) is 0 Å². The first-order chi connectivity index (χ1) is 8.67. The Labute approximate surface area is 110 Å². The van der Waals surface area contributed by atoms with E-state index in [2.05, 4.69) is 42.4 Å². The van der Waals surface area contributed by atoms with Gasteiger partial charge in [-0.1, -0.05) is 6.92 Å². The van der Waals surface area contributed by atoms with Crippen LogP contribution >= 0.6 is 0 Å². The fourth-order valence-electron chi connectivity index (χ4n) is 3.30. The summed E-state index contributed by atoms with van der Waals surface area (Å²) in [5.41, 5.74) is 2.61. The molecule has 0 bridgehead atoms. The smallest absolute Gasteiger partial charge is 0.0641 e. The van der Waals surface area contributed by atoms with Crippen LogP contribution < -0.4 is 5.32 Å². The molecule has 1 aliphatic rings. The number of likely N-dealkylation sites (tertiary alicyclic amines) is 1. The Bertz CT molecular complexity index is 371. The van der Waals surface area contributed by atoms with E-state index in [0.29, 0.717) is 12.0 Å². The van der Waals surface area contributed by atoms with Crippen molar-refractivity contribution in [1.29, 1.82) is 0 Å². The van der Waals surface area contributed by atoms with E-state index < -0.39 is 0 Å². The standard InChI is InChI=1S/C14H26N4/c1-5-7-18-8-6-12(9-15-3)14(18)13-10-17(4)16-11(13)2/h10,12,14-15H,5-9H2,1-4H3. The predicted octanol–water partition coefficient (Wildman–Crippen LogP) is 1.72. The Hall–Kier alpha value is -0.870. The molecule has 1 aromatic heterocycles. The van der Waals surface area contributed by atoms with Crippen molar-refractivity contribution in [2.75, 3.05) is 26.7 Å². The highest BCUT2D eigenvalue weighted by Crippen LogP contribution is 2.37. The lowest BCUT2D eigenvalue weighted by Gasteiger charge is -2.27. The molecule has 0 radical (unpaired) electrons. The Morgan fingerprint density at radius 1 is 1.50 bits per heavy atom. The quantitative estimate of drug-likeness (QED) is 0.864. The molecule has 102 valence electrons. The molecule has 2 heterocycles. The van der Waals surface area contributed by atoms with Crippen LogP contribution in [-0.2, 0) is 7.05 Å². The summed E-state index contributed by atoms with van der Waals surface area (Å²) in [6.45, 7) is 7.91. The Morgan fingerprint density at radius 2 is 2.28 bits per heavy atom. The second-order valence-corrected chi connectivity index (χ2v) is 5.43. The summed E-state index contributed by atoms with van der Waals surface area (Å²) in [6, 6.07) is 0.547. The van der Waals surface area contributed by atoms with Crippen molar-refractivity contribution in [1.82, 2.24) is 20.0 Å². The Morgan fingerprint density at radius 3 is 2.83 bits per heavy atom. The number of nitrogens with one attached hydrogen (secondary N) is 1. The lowest BCUT2D eigenvalue weighted by atomic mass is 9.94. The second-order valence-electron chi connectivity index (χ2n) is 5.43. The van der Waals surface area contributed by atoms with Crippen LogP contribution in [0.5, 0.6) is 0 Å². The van der Waals surface area contributed by atoms with Crippen LogP contribution in [0.1, 0.15) is 37.1 Å². The van der Waals surface area contributed by atoms with E-state index in [9.17, 15) is 0 Å². The van der Waals surface area contributed by atoms with Crippen molar-refractivity contribution in [2.45, 2.75) is 32.7 Å². The van der Waals surface area contributed by atoms with Gasteiger partial charge in [-0.25, -0.2) is 0 Å². The second kappa shape index (κ2) is 5.85. The lowest BCUT2D eigenvalue weighted by molar-refractivity contribution is 0.226. The van der Waals surface area contributed by atoms with Crippen LogP contribution in [0.15, 0.2) is 6.20 Å². The average molecular weight is 250 g/mol. The summed E-state index contributed by atoms with van der Waals surface area (Å²) in [4.78, 5) is 2.63. The van der Waals surface area contributed by atoms with Crippen LogP contribution in [-0.4, -0.2) is 41.4 Å². The number of hydrogen-bond donors (Lipinski definition) is 1. The van der Waals surface area contributed by atoms with Crippen molar-refractivity contribution in [3.05, 3.63) is 17.5 Å². The van der Waals surface area contributed by atoms with Crippen LogP contribution in [0.25, 0.3) is 0 Å². The summed E-state index contributed by atoms with van der Waals surface area (Å²) in [5, 5.41) is 7.86. The third-order valence-electron chi connectivity index (χ3n) is 3.97. The van der Waals surface area contributed by atoms with Gasteiger partial charge in [0.05, 0.1) is 5.69 Å². The molecule has 2 rings (SSSR count). The van der Waals surface area contributed by atoms with Gasteiger partial charge in [0.25, 0.3) is 0 Å². The van der Waals surface area contributed by atoms with Gasteiger partial charge >= 0.3 is 0 Å². The van der Waals surface area contributed by atoms with E-state index >= 15 is 0 Å². The van der Waals surface area contributed by atoms with Crippen LogP contribution in [0.3, 0.4) is 0 Å². The molecule has 0 aliphatic carbocycles. The van der Waals surface area contributed by atoms with Gasteiger partial charge < -0.3 is 5.32 Å². The highest BCUT2D eigenvalue weighted by molar-refractivity contribution is 5.22. The van der Waals surface area contributed by atoms with E-state index in [0.717, 1.165) is 6.54 Å². The minimum absolute atomic E-state index is 0.547. The molecular formula is C14H26N4. The third-order valence-corrected chi connectivity index (χ3v) is 3.97. The largest absolute Gasteiger partial charge is 0.319 e. The van der Waals surface area contributed by atoms with Crippen molar-refractivity contribution < 1.29 is 0 Å². The lowest BCUT2D eigenvalue weighted by Crippen LogP contribution is -2.30. The van der Waals surface area contributed by atoms with E-state index in [1.165, 1.54) is 37.2 Å². The average Bonchev–Trinajstić information content (AvgIpc) is 2.84. The fraction of sp³-hybridized carbons (Fsp3) is 0.786. The molecular weight excluding hydrogens is 224 g/mol. The molecule has 18 heavy (non-hydrogen) atoms.